The lowest BCUT2D eigenvalue weighted by Gasteiger charge is -2.09. The van der Waals surface area contributed by atoms with Crippen LogP contribution >= 0.6 is 11.6 Å². The number of hydrogen-bond donors (Lipinski definition) is 1. The van der Waals surface area contributed by atoms with Gasteiger partial charge in [-0.3, -0.25) is 4.79 Å². The molecule has 0 saturated carbocycles. The third-order valence-corrected chi connectivity index (χ3v) is 3.81. The number of carbonyl (C=O) groups excluding carboxylic acids is 1. The van der Waals surface area contributed by atoms with Gasteiger partial charge in [0, 0.05) is 5.02 Å². The molecule has 0 fully saturated rings. The van der Waals surface area contributed by atoms with Gasteiger partial charge in [0.15, 0.2) is 18.1 Å². The highest BCUT2D eigenvalue weighted by molar-refractivity contribution is 6.31. The molecule has 0 spiro atoms. The van der Waals surface area contributed by atoms with Crippen LogP contribution in [0.25, 0.3) is 0 Å². The van der Waals surface area contributed by atoms with Crippen LogP contribution in [0.5, 0.6) is 17.2 Å². The molecule has 0 radical (unpaired) electrons. The average Bonchev–Trinajstić information content (AvgIpc) is 2.64. The van der Waals surface area contributed by atoms with Crippen LogP contribution in [0.3, 0.4) is 0 Å². The predicted molar refractivity (Wildman–Crippen MR) is 102 cm³/mol. The number of rotatable bonds is 8. The lowest BCUT2D eigenvalue weighted by atomic mass is 10.2. The molecule has 7 heteroatoms. The maximum Gasteiger partial charge on any atom is 0.277 e. The van der Waals surface area contributed by atoms with Gasteiger partial charge in [-0.2, -0.15) is 5.10 Å². The van der Waals surface area contributed by atoms with Gasteiger partial charge in [0.05, 0.1) is 19.9 Å². The quantitative estimate of drug-likeness (QED) is 0.564. The van der Waals surface area contributed by atoms with Crippen molar-refractivity contribution in [3.63, 3.8) is 0 Å². The normalized spacial score (nSPS) is 10.6. The monoisotopic (exact) mass is 376 g/mol. The molecule has 138 valence electrons. The molecule has 0 aliphatic carbocycles. The SMILES string of the molecule is CCOc1ccc(/C=N\NC(=O)COc2ccc(Cl)c(C)c2)cc1OC. The molecule has 1 amide bonds. The maximum absolute atomic E-state index is 11.8. The van der Waals surface area contributed by atoms with Gasteiger partial charge in [0.1, 0.15) is 5.75 Å². The highest BCUT2D eigenvalue weighted by Crippen LogP contribution is 2.27. The van der Waals surface area contributed by atoms with Gasteiger partial charge >= 0.3 is 0 Å². The topological polar surface area (TPSA) is 69.2 Å². The Labute approximate surface area is 157 Å². The van der Waals surface area contributed by atoms with Gasteiger partial charge in [-0.05, 0) is 61.4 Å². The van der Waals surface area contributed by atoms with E-state index in [9.17, 15) is 4.79 Å². The summed E-state index contributed by atoms with van der Waals surface area (Å²) >= 11 is 5.95. The molecule has 0 saturated heterocycles. The van der Waals surface area contributed by atoms with Crippen molar-refractivity contribution in [2.24, 2.45) is 5.10 Å². The number of carbonyl (C=O) groups is 1. The summed E-state index contributed by atoms with van der Waals surface area (Å²) in [4.78, 5) is 11.8. The van der Waals surface area contributed by atoms with E-state index < -0.39 is 0 Å². The molecule has 0 atom stereocenters. The van der Waals surface area contributed by atoms with E-state index in [-0.39, 0.29) is 12.5 Å². The third kappa shape index (κ3) is 5.67. The average molecular weight is 377 g/mol. The van der Waals surface area contributed by atoms with E-state index in [4.69, 9.17) is 25.8 Å². The smallest absolute Gasteiger partial charge is 0.277 e. The molecule has 0 heterocycles. The van der Waals surface area contributed by atoms with Crippen LogP contribution < -0.4 is 19.6 Å². The summed E-state index contributed by atoms with van der Waals surface area (Å²) in [5, 5.41) is 4.56. The Kier molecular flexibility index (Phi) is 7.29. The molecule has 2 rings (SSSR count). The molecule has 2 aromatic rings. The zero-order chi connectivity index (χ0) is 18.9. The molecular weight excluding hydrogens is 356 g/mol. The Morgan fingerprint density at radius 1 is 1.19 bits per heavy atom. The number of nitrogens with one attached hydrogen (secondary N) is 1. The summed E-state index contributed by atoms with van der Waals surface area (Å²) in [7, 11) is 1.57. The van der Waals surface area contributed by atoms with Crippen molar-refractivity contribution in [2.75, 3.05) is 20.3 Å². The summed E-state index contributed by atoms with van der Waals surface area (Å²) in [6.07, 6.45) is 1.52. The van der Waals surface area contributed by atoms with Crippen LogP contribution in [-0.2, 0) is 4.79 Å². The Bertz CT molecular complexity index is 793. The summed E-state index contributed by atoms with van der Waals surface area (Å²) in [5.41, 5.74) is 4.06. The van der Waals surface area contributed by atoms with Crippen LogP contribution in [0.1, 0.15) is 18.1 Å². The number of benzene rings is 2. The van der Waals surface area contributed by atoms with Gasteiger partial charge in [-0.25, -0.2) is 5.43 Å². The second kappa shape index (κ2) is 9.68. The van der Waals surface area contributed by atoms with E-state index in [1.165, 1.54) is 6.21 Å². The van der Waals surface area contributed by atoms with Gasteiger partial charge in [0.2, 0.25) is 0 Å². The van der Waals surface area contributed by atoms with Crippen LogP contribution in [-0.4, -0.2) is 32.4 Å². The first-order valence-corrected chi connectivity index (χ1v) is 8.43. The van der Waals surface area contributed by atoms with E-state index in [2.05, 4.69) is 10.5 Å². The second-order valence-corrected chi connectivity index (χ2v) is 5.74. The lowest BCUT2D eigenvalue weighted by Crippen LogP contribution is -2.24. The largest absolute Gasteiger partial charge is 0.493 e. The third-order valence-electron chi connectivity index (χ3n) is 3.39. The highest BCUT2D eigenvalue weighted by Gasteiger charge is 2.05. The Morgan fingerprint density at radius 3 is 2.69 bits per heavy atom. The van der Waals surface area contributed by atoms with E-state index >= 15 is 0 Å². The Balaban J connectivity index is 1.87. The molecule has 0 aliphatic heterocycles. The molecule has 0 aromatic heterocycles. The van der Waals surface area contributed by atoms with Crippen LogP contribution in [0.2, 0.25) is 5.02 Å². The second-order valence-electron chi connectivity index (χ2n) is 5.34. The molecule has 2 aromatic carbocycles. The molecule has 0 aliphatic rings. The number of amides is 1. The van der Waals surface area contributed by atoms with Crippen molar-refractivity contribution < 1.29 is 19.0 Å². The lowest BCUT2D eigenvalue weighted by molar-refractivity contribution is -0.123. The molecule has 6 nitrogen and oxygen atoms in total. The van der Waals surface area contributed by atoms with Crippen molar-refractivity contribution in [3.05, 3.63) is 52.5 Å². The van der Waals surface area contributed by atoms with E-state index in [0.29, 0.717) is 28.9 Å². The van der Waals surface area contributed by atoms with E-state index in [1.54, 1.807) is 37.4 Å². The van der Waals surface area contributed by atoms with Gasteiger partial charge in [-0.1, -0.05) is 11.6 Å². The first-order chi connectivity index (χ1) is 12.5. The van der Waals surface area contributed by atoms with Gasteiger partial charge < -0.3 is 14.2 Å². The fourth-order valence-corrected chi connectivity index (χ4v) is 2.22. The fourth-order valence-electron chi connectivity index (χ4n) is 2.11. The minimum absolute atomic E-state index is 0.148. The van der Waals surface area contributed by atoms with Crippen molar-refractivity contribution in [3.8, 4) is 17.2 Å². The van der Waals surface area contributed by atoms with Gasteiger partial charge in [0.25, 0.3) is 5.91 Å². The fraction of sp³-hybridized carbons (Fsp3) is 0.263. The van der Waals surface area contributed by atoms with E-state index in [0.717, 1.165) is 11.1 Å². The summed E-state index contributed by atoms with van der Waals surface area (Å²) in [5.74, 6) is 1.46. The van der Waals surface area contributed by atoms with Crippen molar-refractivity contribution in [2.45, 2.75) is 13.8 Å². The predicted octanol–water partition coefficient (Wildman–Crippen LogP) is 3.58. The molecule has 1 N–H and O–H groups in total. The minimum Gasteiger partial charge on any atom is -0.493 e. The molecule has 26 heavy (non-hydrogen) atoms. The maximum atomic E-state index is 11.8. The standard InChI is InChI=1S/C19H21ClN2O4/c1-4-25-17-8-5-14(10-18(17)24-3)11-21-22-19(23)12-26-15-6-7-16(20)13(2)9-15/h5-11H,4,12H2,1-3H3,(H,22,23)/b21-11-. The van der Waals surface area contributed by atoms with Crippen LogP contribution in [0.4, 0.5) is 0 Å². The molecular formula is C19H21ClN2O4. The zero-order valence-corrected chi connectivity index (χ0v) is 15.7. The number of ether oxygens (including phenoxy) is 3. The van der Waals surface area contributed by atoms with Gasteiger partial charge in [-0.15, -0.1) is 0 Å². The summed E-state index contributed by atoms with van der Waals surface area (Å²) < 4.78 is 16.1. The number of nitrogens with zero attached hydrogens (tertiary/aromatic N) is 1. The first kappa shape index (κ1) is 19.6. The number of halogens is 1. The van der Waals surface area contributed by atoms with Crippen molar-refractivity contribution in [1.82, 2.24) is 5.43 Å². The number of hydrazone groups is 1. The zero-order valence-electron chi connectivity index (χ0n) is 14.9. The Morgan fingerprint density at radius 2 is 2.00 bits per heavy atom. The summed E-state index contributed by atoms with van der Waals surface area (Å²) in [6.45, 7) is 4.17. The molecule has 0 unspecified atom stereocenters. The van der Waals surface area contributed by atoms with Crippen molar-refractivity contribution >= 4 is 23.7 Å². The van der Waals surface area contributed by atoms with Crippen LogP contribution in [0.15, 0.2) is 41.5 Å². The first-order valence-electron chi connectivity index (χ1n) is 8.05. The minimum atomic E-state index is -0.369. The number of methoxy groups -OCH3 is 1. The Hall–Kier alpha value is -2.73. The highest BCUT2D eigenvalue weighted by atomic mass is 35.5. The number of hydrogen-bond acceptors (Lipinski definition) is 5. The van der Waals surface area contributed by atoms with E-state index in [1.807, 2.05) is 19.9 Å². The number of aryl methyl sites for hydroxylation is 1. The molecule has 0 bridgehead atoms. The van der Waals surface area contributed by atoms with Crippen molar-refractivity contribution in [1.29, 1.82) is 0 Å². The van der Waals surface area contributed by atoms with Crippen LogP contribution in [0, 0.1) is 6.92 Å². The summed E-state index contributed by atoms with van der Waals surface area (Å²) in [6, 6.07) is 10.6.